The van der Waals surface area contributed by atoms with E-state index in [9.17, 15) is 0 Å². The molecule has 3 aromatic rings. The van der Waals surface area contributed by atoms with E-state index >= 15 is 0 Å². The molecule has 0 saturated carbocycles. The van der Waals surface area contributed by atoms with Crippen LogP contribution in [-0.2, 0) is 6.42 Å². The normalized spacial score (nSPS) is 10.5. The molecule has 1 aromatic heterocycles. The lowest BCUT2D eigenvalue weighted by Crippen LogP contribution is -2.04. The molecule has 0 aliphatic heterocycles. The predicted molar refractivity (Wildman–Crippen MR) is 103 cm³/mol. The van der Waals surface area contributed by atoms with E-state index < -0.39 is 0 Å². The molecular weight excluding hydrogens is 330 g/mol. The van der Waals surface area contributed by atoms with Crippen LogP contribution in [0.5, 0.6) is 11.5 Å². The van der Waals surface area contributed by atoms with Crippen molar-refractivity contribution >= 4 is 17.5 Å². The van der Waals surface area contributed by atoms with Crippen molar-refractivity contribution in [2.75, 3.05) is 31.4 Å². The minimum Gasteiger partial charge on any atom is -0.493 e. The second kappa shape index (κ2) is 7.18. The Bertz CT molecular complexity index is 943. The van der Waals surface area contributed by atoms with Gasteiger partial charge in [0.2, 0.25) is 5.95 Å². The van der Waals surface area contributed by atoms with E-state index in [1.54, 1.807) is 20.4 Å². The van der Waals surface area contributed by atoms with E-state index in [1.807, 2.05) is 36.4 Å². The Morgan fingerprint density at radius 3 is 2.46 bits per heavy atom. The number of benzene rings is 2. The topological polar surface area (TPSA) is 122 Å². The lowest BCUT2D eigenvalue weighted by molar-refractivity contribution is 0.356. The van der Waals surface area contributed by atoms with Gasteiger partial charge in [-0.15, -0.1) is 0 Å². The Kier molecular flexibility index (Phi) is 4.79. The van der Waals surface area contributed by atoms with Crippen LogP contribution in [0.15, 0.2) is 42.6 Å². The number of hydrogen-bond donors (Lipinski definition) is 3. The summed E-state index contributed by atoms with van der Waals surface area (Å²) in [4.78, 5) is 8.03. The molecule has 0 atom stereocenters. The fraction of sp³-hybridized carbons (Fsp3) is 0.158. The largest absolute Gasteiger partial charge is 0.493 e. The third-order valence-corrected chi connectivity index (χ3v) is 4.05. The van der Waals surface area contributed by atoms with Crippen molar-refractivity contribution < 1.29 is 9.47 Å². The number of aromatic nitrogens is 2. The zero-order valence-corrected chi connectivity index (χ0v) is 14.7. The summed E-state index contributed by atoms with van der Waals surface area (Å²) in [6.45, 7) is 0. The third kappa shape index (κ3) is 3.46. The third-order valence-electron chi connectivity index (χ3n) is 4.05. The molecule has 134 valence electrons. The molecule has 0 fully saturated rings. The van der Waals surface area contributed by atoms with Crippen molar-refractivity contribution in [2.24, 2.45) is 0 Å². The summed E-state index contributed by atoms with van der Waals surface area (Å²) in [6.07, 6.45) is 2.16. The van der Waals surface area contributed by atoms with Gasteiger partial charge >= 0.3 is 0 Å². The maximum absolute atomic E-state index is 5.96. The molecule has 0 bridgehead atoms. The molecule has 3 rings (SSSR count). The van der Waals surface area contributed by atoms with Crippen LogP contribution < -0.4 is 26.7 Å². The maximum Gasteiger partial charge on any atom is 0.221 e. The van der Waals surface area contributed by atoms with Crippen LogP contribution in [0.4, 0.5) is 17.5 Å². The molecule has 0 aliphatic rings. The van der Waals surface area contributed by atoms with E-state index in [-0.39, 0.29) is 5.95 Å². The first-order valence-electron chi connectivity index (χ1n) is 7.99. The van der Waals surface area contributed by atoms with E-state index in [4.69, 9.17) is 26.7 Å². The van der Waals surface area contributed by atoms with E-state index in [1.165, 1.54) is 0 Å². The van der Waals surface area contributed by atoms with Crippen LogP contribution in [-0.4, -0.2) is 24.2 Å². The number of hydrogen-bond acceptors (Lipinski definition) is 7. The average Bonchev–Trinajstić information content (AvgIpc) is 2.63. The van der Waals surface area contributed by atoms with Gasteiger partial charge in [-0.25, -0.2) is 4.98 Å². The highest BCUT2D eigenvalue weighted by Gasteiger charge is 2.15. The summed E-state index contributed by atoms with van der Waals surface area (Å²) >= 11 is 0. The Morgan fingerprint density at radius 1 is 1.00 bits per heavy atom. The number of ether oxygens (including phenoxy) is 2. The molecule has 0 aliphatic carbocycles. The van der Waals surface area contributed by atoms with Gasteiger partial charge in [-0.3, -0.25) is 0 Å². The van der Waals surface area contributed by atoms with Crippen LogP contribution in [0.25, 0.3) is 11.1 Å². The van der Waals surface area contributed by atoms with Crippen molar-refractivity contribution in [2.45, 2.75) is 6.42 Å². The van der Waals surface area contributed by atoms with E-state index in [0.29, 0.717) is 29.4 Å². The fourth-order valence-corrected chi connectivity index (χ4v) is 2.83. The number of methoxy groups -OCH3 is 2. The Labute approximate surface area is 151 Å². The highest BCUT2D eigenvalue weighted by Crippen LogP contribution is 2.40. The van der Waals surface area contributed by atoms with Crippen molar-refractivity contribution in [3.05, 3.63) is 53.7 Å². The van der Waals surface area contributed by atoms with Gasteiger partial charge in [0.1, 0.15) is 5.82 Å². The van der Waals surface area contributed by atoms with Crippen molar-refractivity contribution in [1.82, 2.24) is 9.97 Å². The van der Waals surface area contributed by atoms with Gasteiger partial charge in [0.15, 0.2) is 11.5 Å². The van der Waals surface area contributed by atoms with Crippen molar-refractivity contribution in [3.63, 3.8) is 0 Å². The summed E-state index contributed by atoms with van der Waals surface area (Å²) in [5.74, 6) is 1.78. The van der Waals surface area contributed by atoms with Crippen LogP contribution in [0.1, 0.15) is 11.1 Å². The predicted octanol–water partition coefficient (Wildman–Crippen LogP) is 2.50. The standard InChI is InChI=1S/C19H21N5O2/c1-25-16-8-11(6-13-10-23-19(22)24-18(13)21)7-15(17(16)26-2)12-4-3-5-14(20)9-12/h3-5,7-10H,6,20H2,1-2H3,(H4,21,22,23,24). The molecule has 0 radical (unpaired) electrons. The highest BCUT2D eigenvalue weighted by molar-refractivity contribution is 5.77. The monoisotopic (exact) mass is 351 g/mol. The highest BCUT2D eigenvalue weighted by atomic mass is 16.5. The van der Waals surface area contributed by atoms with Gasteiger partial charge in [0, 0.05) is 29.4 Å². The molecule has 6 N–H and O–H groups in total. The van der Waals surface area contributed by atoms with E-state index in [2.05, 4.69) is 9.97 Å². The summed E-state index contributed by atoms with van der Waals surface area (Å²) in [6, 6.07) is 11.5. The second-order valence-corrected chi connectivity index (χ2v) is 5.82. The quantitative estimate of drug-likeness (QED) is 0.604. The first-order chi connectivity index (χ1) is 12.5. The van der Waals surface area contributed by atoms with Gasteiger partial charge in [0.05, 0.1) is 14.2 Å². The second-order valence-electron chi connectivity index (χ2n) is 5.82. The van der Waals surface area contributed by atoms with Gasteiger partial charge in [0.25, 0.3) is 0 Å². The zero-order valence-electron chi connectivity index (χ0n) is 14.7. The Hall–Kier alpha value is -3.48. The molecule has 0 amide bonds. The summed E-state index contributed by atoms with van der Waals surface area (Å²) in [7, 11) is 3.21. The Morgan fingerprint density at radius 2 is 1.81 bits per heavy atom. The van der Waals surface area contributed by atoms with Gasteiger partial charge < -0.3 is 26.7 Å². The summed E-state index contributed by atoms with van der Waals surface area (Å²) in [5.41, 5.74) is 21.7. The molecular formula is C19H21N5O2. The molecule has 0 saturated heterocycles. The van der Waals surface area contributed by atoms with E-state index in [0.717, 1.165) is 22.3 Å². The smallest absolute Gasteiger partial charge is 0.221 e. The number of nitrogen functional groups attached to an aromatic ring is 3. The maximum atomic E-state index is 5.96. The first-order valence-corrected chi connectivity index (χ1v) is 7.99. The number of nitrogens with two attached hydrogens (primary N) is 3. The minimum absolute atomic E-state index is 0.152. The number of anilines is 3. The summed E-state index contributed by atoms with van der Waals surface area (Å²) < 4.78 is 11.1. The van der Waals surface area contributed by atoms with Gasteiger partial charge in [-0.05, 0) is 35.4 Å². The molecule has 2 aromatic carbocycles. The average molecular weight is 351 g/mol. The zero-order chi connectivity index (χ0) is 18.7. The molecule has 7 heteroatoms. The molecule has 1 heterocycles. The van der Waals surface area contributed by atoms with Gasteiger partial charge in [-0.1, -0.05) is 12.1 Å². The van der Waals surface area contributed by atoms with Crippen LogP contribution in [0.3, 0.4) is 0 Å². The fourth-order valence-electron chi connectivity index (χ4n) is 2.83. The van der Waals surface area contributed by atoms with Crippen molar-refractivity contribution in [1.29, 1.82) is 0 Å². The SMILES string of the molecule is COc1cc(Cc2cnc(N)nc2N)cc(-c2cccc(N)c2)c1OC. The summed E-state index contributed by atoms with van der Waals surface area (Å²) in [5, 5.41) is 0. The Balaban J connectivity index is 2.10. The van der Waals surface area contributed by atoms with Crippen LogP contribution in [0.2, 0.25) is 0 Å². The van der Waals surface area contributed by atoms with Crippen LogP contribution >= 0.6 is 0 Å². The number of nitrogens with zero attached hydrogens (tertiary/aromatic N) is 2. The van der Waals surface area contributed by atoms with Crippen LogP contribution in [0, 0.1) is 0 Å². The molecule has 0 spiro atoms. The lowest BCUT2D eigenvalue weighted by atomic mass is 9.97. The first kappa shape index (κ1) is 17.3. The lowest BCUT2D eigenvalue weighted by Gasteiger charge is -2.16. The van der Waals surface area contributed by atoms with Crippen molar-refractivity contribution in [3.8, 4) is 22.6 Å². The molecule has 26 heavy (non-hydrogen) atoms. The number of rotatable bonds is 5. The minimum atomic E-state index is 0.152. The van der Waals surface area contributed by atoms with Gasteiger partial charge in [-0.2, -0.15) is 4.98 Å². The molecule has 0 unspecified atom stereocenters. The molecule has 7 nitrogen and oxygen atoms in total.